The molecule has 0 unspecified atom stereocenters. The number of rotatable bonds is 4. The molecule has 1 atom stereocenters. The zero-order chi connectivity index (χ0) is 19.8. The van der Waals surface area contributed by atoms with Gasteiger partial charge in [0.2, 0.25) is 0 Å². The first-order valence-electron chi connectivity index (χ1n) is 9.28. The van der Waals surface area contributed by atoms with Crippen LogP contribution in [0.5, 0.6) is 11.5 Å². The fourth-order valence-corrected chi connectivity index (χ4v) is 4.18. The minimum absolute atomic E-state index is 0.214. The molecule has 0 aliphatic heterocycles. The van der Waals surface area contributed by atoms with Crippen molar-refractivity contribution < 1.29 is 14.3 Å². The smallest absolute Gasteiger partial charge is 0.164 e. The van der Waals surface area contributed by atoms with E-state index < -0.39 is 0 Å². The SMILES string of the molecule is COc1ccc(-n2c(-c3ccc(Br)cc3)cc3c2C[C@@H](C)CC3=O)cc1OC. The summed E-state index contributed by atoms with van der Waals surface area (Å²) < 4.78 is 14.1. The molecule has 1 aromatic heterocycles. The second-order valence-electron chi connectivity index (χ2n) is 7.21. The molecule has 0 spiro atoms. The van der Waals surface area contributed by atoms with Crippen LogP contribution in [0.1, 0.15) is 29.4 Å². The number of methoxy groups -OCH3 is 2. The molecule has 0 radical (unpaired) electrons. The Bertz CT molecular complexity index is 1040. The Kier molecular flexibility index (Phi) is 5.02. The number of ketones is 1. The van der Waals surface area contributed by atoms with Crippen LogP contribution < -0.4 is 9.47 Å². The molecule has 2 aromatic carbocycles. The van der Waals surface area contributed by atoms with Crippen molar-refractivity contribution in [3.8, 4) is 28.4 Å². The molecule has 4 rings (SSSR count). The molecule has 1 aliphatic rings. The highest BCUT2D eigenvalue weighted by molar-refractivity contribution is 9.10. The highest BCUT2D eigenvalue weighted by Gasteiger charge is 2.29. The normalized spacial score (nSPS) is 16.0. The zero-order valence-electron chi connectivity index (χ0n) is 16.2. The summed E-state index contributed by atoms with van der Waals surface area (Å²) in [4.78, 5) is 12.7. The molecule has 5 heteroatoms. The van der Waals surface area contributed by atoms with Crippen LogP contribution in [0.25, 0.3) is 16.9 Å². The van der Waals surface area contributed by atoms with Crippen molar-refractivity contribution in [2.24, 2.45) is 5.92 Å². The lowest BCUT2D eigenvalue weighted by Gasteiger charge is -2.21. The summed E-state index contributed by atoms with van der Waals surface area (Å²) in [7, 11) is 3.26. The van der Waals surface area contributed by atoms with E-state index in [9.17, 15) is 4.79 Å². The Morgan fingerprint density at radius 3 is 2.36 bits per heavy atom. The largest absolute Gasteiger partial charge is 0.493 e. The maximum atomic E-state index is 12.7. The lowest BCUT2D eigenvalue weighted by molar-refractivity contribution is 0.0952. The third kappa shape index (κ3) is 3.24. The molecule has 0 bridgehead atoms. The summed E-state index contributed by atoms with van der Waals surface area (Å²) in [5.41, 5.74) is 4.92. The molecule has 28 heavy (non-hydrogen) atoms. The molecule has 0 amide bonds. The Morgan fingerprint density at radius 1 is 0.964 bits per heavy atom. The Balaban J connectivity index is 1.97. The van der Waals surface area contributed by atoms with Crippen molar-refractivity contribution in [3.05, 3.63) is 64.3 Å². The minimum atomic E-state index is 0.214. The van der Waals surface area contributed by atoms with Crippen molar-refractivity contribution in [2.75, 3.05) is 14.2 Å². The van der Waals surface area contributed by atoms with Gasteiger partial charge in [-0.25, -0.2) is 0 Å². The van der Waals surface area contributed by atoms with Gasteiger partial charge in [-0.15, -0.1) is 0 Å². The summed E-state index contributed by atoms with van der Waals surface area (Å²) in [5.74, 6) is 1.89. The van der Waals surface area contributed by atoms with Crippen LogP contribution >= 0.6 is 15.9 Å². The van der Waals surface area contributed by atoms with E-state index in [4.69, 9.17) is 9.47 Å². The van der Waals surface area contributed by atoms with Gasteiger partial charge in [0.1, 0.15) is 0 Å². The van der Waals surface area contributed by atoms with Crippen LogP contribution in [-0.4, -0.2) is 24.6 Å². The number of hydrogen-bond donors (Lipinski definition) is 0. The number of carbonyl (C=O) groups excluding carboxylic acids is 1. The molecule has 0 saturated heterocycles. The standard InChI is InChI=1S/C23H22BrNO3/c1-14-10-20-18(21(26)11-14)13-19(15-4-6-16(24)7-5-15)25(20)17-8-9-22(27-2)23(12-17)28-3/h4-9,12-14H,10-11H2,1-3H3/t14-/m1/s1. The van der Waals surface area contributed by atoms with Gasteiger partial charge in [-0.2, -0.15) is 0 Å². The van der Waals surface area contributed by atoms with Crippen LogP contribution in [-0.2, 0) is 6.42 Å². The Morgan fingerprint density at radius 2 is 1.68 bits per heavy atom. The number of aromatic nitrogens is 1. The maximum absolute atomic E-state index is 12.7. The predicted octanol–water partition coefficient (Wildman–Crippen LogP) is 5.69. The number of carbonyl (C=O) groups is 1. The number of fused-ring (bicyclic) bond motifs is 1. The average Bonchev–Trinajstić information content (AvgIpc) is 3.07. The summed E-state index contributed by atoms with van der Waals surface area (Å²) in [5, 5.41) is 0. The van der Waals surface area contributed by atoms with Gasteiger partial charge < -0.3 is 14.0 Å². The lowest BCUT2D eigenvalue weighted by Crippen LogP contribution is -2.19. The molecule has 144 valence electrons. The van der Waals surface area contributed by atoms with Gasteiger partial charge >= 0.3 is 0 Å². The van der Waals surface area contributed by atoms with Gasteiger partial charge in [0, 0.05) is 33.9 Å². The number of benzene rings is 2. The third-order valence-corrected chi connectivity index (χ3v) is 5.77. The first-order chi connectivity index (χ1) is 13.5. The molecule has 1 aliphatic carbocycles. The number of ether oxygens (including phenoxy) is 2. The third-order valence-electron chi connectivity index (χ3n) is 5.24. The molecule has 1 heterocycles. The van der Waals surface area contributed by atoms with E-state index in [0.717, 1.165) is 39.1 Å². The molecule has 0 fully saturated rings. The molecule has 4 nitrogen and oxygen atoms in total. The number of hydrogen-bond acceptors (Lipinski definition) is 3. The van der Waals surface area contributed by atoms with E-state index in [1.807, 2.05) is 36.4 Å². The maximum Gasteiger partial charge on any atom is 0.164 e. The van der Waals surface area contributed by atoms with E-state index in [1.165, 1.54) is 0 Å². The van der Waals surface area contributed by atoms with Gasteiger partial charge in [0.15, 0.2) is 17.3 Å². The van der Waals surface area contributed by atoms with Crippen LogP contribution in [0, 0.1) is 5.92 Å². The van der Waals surface area contributed by atoms with E-state index in [1.54, 1.807) is 14.2 Å². The van der Waals surface area contributed by atoms with Gasteiger partial charge in [-0.3, -0.25) is 4.79 Å². The minimum Gasteiger partial charge on any atom is -0.493 e. The summed E-state index contributed by atoms with van der Waals surface area (Å²) >= 11 is 3.50. The fraction of sp³-hybridized carbons (Fsp3) is 0.261. The van der Waals surface area contributed by atoms with E-state index >= 15 is 0 Å². The van der Waals surface area contributed by atoms with Crippen LogP contribution in [0.4, 0.5) is 0 Å². The zero-order valence-corrected chi connectivity index (χ0v) is 17.7. The second kappa shape index (κ2) is 7.47. The summed E-state index contributed by atoms with van der Waals surface area (Å²) in [6.07, 6.45) is 1.47. The number of Topliss-reactive ketones (excluding diaryl/α,β-unsaturated/α-hetero) is 1. The molecule has 3 aromatic rings. The van der Waals surface area contributed by atoms with Crippen molar-refractivity contribution in [3.63, 3.8) is 0 Å². The van der Waals surface area contributed by atoms with Gasteiger partial charge in [-0.1, -0.05) is 35.0 Å². The highest BCUT2D eigenvalue weighted by Crippen LogP contribution is 2.38. The van der Waals surface area contributed by atoms with E-state index in [2.05, 4.69) is 39.6 Å². The van der Waals surface area contributed by atoms with E-state index in [-0.39, 0.29) is 5.78 Å². The average molecular weight is 440 g/mol. The van der Waals surface area contributed by atoms with Crippen molar-refractivity contribution in [2.45, 2.75) is 19.8 Å². The topological polar surface area (TPSA) is 40.5 Å². The van der Waals surface area contributed by atoms with Crippen LogP contribution in [0.15, 0.2) is 53.0 Å². The second-order valence-corrected chi connectivity index (χ2v) is 8.12. The lowest BCUT2D eigenvalue weighted by atomic mass is 9.88. The quantitative estimate of drug-likeness (QED) is 0.524. The van der Waals surface area contributed by atoms with Crippen molar-refractivity contribution >= 4 is 21.7 Å². The molecule has 0 saturated carbocycles. The predicted molar refractivity (Wildman–Crippen MR) is 114 cm³/mol. The van der Waals surface area contributed by atoms with Crippen LogP contribution in [0.2, 0.25) is 0 Å². The fourth-order valence-electron chi connectivity index (χ4n) is 3.91. The molecular weight excluding hydrogens is 418 g/mol. The monoisotopic (exact) mass is 439 g/mol. The molecule has 0 N–H and O–H groups in total. The van der Waals surface area contributed by atoms with Crippen molar-refractivity contribution in [1.82, 2.24) is 4.57 Å². The van der Waals surface area contributed by atoms with Crippen LogP contribution in [0.3, 0.4) is 0 Å². The first-order valence-corrected chi connectivity index (χ1v) is 10.1. The summed E-state index contributed by atoms with van der Waals surface area (Å²) in [6, 6.07) is 16.1. The number of nitrogens with zero attached hydrogens (tertiary/aromatic N) is 1. The highest BCUT2D eigenvalue weighted by atomic mass is 79.9. The Hall–Kier alpha value is -2.53. The Labute approximate surface area is 173 Å². The van der Waals surface area contributed by atoms with Crippen molar-refractivity contribution in [1.29, 1.82) is 0 Å². The van der Waals surface area contributed by atoms with Gasteiger partial charge in [0.25, 0.3) is 0 Å². The number of halogens is 1. The van der Waals surface area contributed by atoms with E-state index in [0.29, 0.717) is 23.8 Å². The molecular formula is C23H22BrNO3. The van der Waals surface area contributed by atoms with Gasteiger partial charge in [0.05, 0.1) is 19.9 Å². The first kappa shape index (κ1) is 18.8. The van der Waals surface area contributed by atoms with Gasteiger partial charge in [-0.05, 0) is 48.2 Å². The summed E-state index contributed by atoms with van der Waals surface area (Å²) in [6.45, 7) is 2.13.